The first-order valence-electron chi connectivity index (χ1n) is 6.08. The lowest BCUT2D eigenvalue weighted by molar-refractivity contribution is 0.0937. The number of ether oxygens (including phenoxy) is 1. The van der Waals surface area contributed by atoms with E-state index in [1.165, 1.54) is 0 Å². The Kier molecular flexibility index (Phi) is 5.16. The SMILES string of the molecule is COCCNC(=O)c1ccc(NC(C)(C)C)cc1. The van der Waals surface area contributed by atoms with Gasteiger partial charge in [0.25, 0.3) is 5.91 Å². The molecule has 1 amide bonds. The first kappa shape index (κ1) is 14.5. The fourth-order valence-corrected chi connectivity index (χ4v) is 1.51. The number of carbonyl (C=O) groups is 1. The standard InChI is InChI=1S/C14H22N2O2/c1-14(2,3)16-12-7-5-11(6-8-12)13(17)15-9-10-18-4/h5-8,16H,9-10H2,1-4H3,(H,15,17). The van der Waals surface area contributed by atoms with Gasteiger partial charge in [0.15, 0.2) is 0 Å². The molecule has 0 aliphatic rings. The van der Waals surface area contributed by atoms with Gasteiger partial charge in [0, 0.05) is 30.4 Å². The molecule has 0 bridgehead atoms. The normalized spacial score (nSPS) is 11.1. The summed E-state index contributed by atoms with van der Waals surface area (Å²) < 4.78 is 4.88. The average Bonchev–Trinajstić information content (AvgIpc) is 2.28. The second-order valence-corrected chi connectivity index (χ2v) is 5.20. The van der Waals surface area contributed by atoms with Crippen molar-refractivity contribution in [3.8, 4) is 0 Å². The number of benzene rings is 1. The summed E-state index contributed by atoms with van der Waals surface area (Å²) in [6.07, 6.45) is 0. The van der Waals surface area contributed by atoms with Crippen LogP contribution in [0.4, 0.5) is 5.69 Å². The largest absolute Gasteiger partial charge is 0.383 e. The Morgan fingerprint density at radius 3 is 2.33 bits per heavy atom. The van der Waals surface area contributed by atoms with Gasteiger partial charge < -0.3 is 15.4 Å². The van der Waals surface area contributed by atoms with Crippen molar-refractivity contribution < 1.29 is 9.53 Å². The van der Waals surface area contributed by atoms with E-state index in [0.717, 1.165) is 5.69 Å². The second-order valence-electron chi connectivity index (χ2n) is 5.20. The third-order valence-electron chi connectivity index (χ3n) is 2.26. The molecule has 2 N–H and O–H groups in total. The average molecular weight is 250 g/mol. The van der Waals surface area contributed by atoms with Crippen LogP contribution in [0.15, 0.2) is 24.3 Å². The van der Waals surface area contributed by atoms with Crippen molar-refractivity contribution in [2.24, 2.45) is 0 Å². The van der Waals surface area contributed by atoms with Gasteiger partial charge in [0.05, 0.1) is 6.61 Å². The van der Waals surface area contributed by atoms with Crippen LogP contribution in [0.3, 0.4) is 0 Å². The molecule has 0 saturated heterocycles. The number of rotatable bonds is 5. The third kappa shape index (κ3) is 5.19. The summed E-state index contributed by atoms with van der Waals surface area (Å²) >= 11 is 0. The van der Waals surface area contributed by atoms with E-state index in [0.29, 0.717) is 18.7 Å². The quantitative estimate of drug-likeness (QED) is 0.788. The van der Waals surface area contributed by atoms with Crippen LogP contribution in [0.25, 0.3) is 0 Å². The molecule has 0 spiro atoms. The minimum absolute atomic E-state index is 0.0161. The van der Waals surface area contributed by atoms with Crippen LogP contribution in [-0.2, 0) is 4.74 Å². The van der Waals surface area contributed by atoms with Gasteiger partial charge >= 0.3 is 0 Å². The highest BCUT2D eigenvalue weighted by atomic mass is 16.5. The minimum atomic E-state index is -0.0747. The van der Waals surface area contributed by atoms with Crippen molar-refractivity contribution >= 4 is 11.6 Å². The molecule has 18 heavy (non-hydrogen) atoms. The number of methoxy groups -OCH3 is 1. The Balaban J connectivity index is 2.57. The van der Waals surface area contributed by atoms with Crippen LogP contribution in [0.5, 0.6) is 0 Å². The number of nitrogens with one attached hydrogen (secondary N) is 2. The zero-order chi connectivity index (χ0) is 13.6. The summed E-state index contributed by atoms with van der Waals surface area (Å²) in [6.45, 7) is 7.34. The number of hydrogen-bond acceptors (Lipinski definition) is 3. The second kappa shape index (κ2) is 6.40. The van der Waals surface area contributed by atoms with Crippen molar-refractivity contribution in [2.45, 2.75) is 26.3 Å². The van der Waals surface area contributed by atoms with Gasteiger partial charge in [-0.25, -0.2) is 0 Å². The molecule has 4 heteroatoms. The third-order valence-corrected chi connectivity index (χ3v) is 2.26. The Morgan fingerprint density at radius 2 is 1.83 bits per heavy atom. The molecule has 0 fully saturated rings. The molecule has 0 aliphatic carbocycles. The van der Waals surface area contributed by atoms with Crippen LogP contribution in [0, 0.1) is 0 Å². The molecular weight excluding hydrogens is 228 g/mol. The molecule has 0 radical (unpaired) electrons. The van der Waals surface area contributed by atoms with E-state index in [2.05, 4.69) is 31.4 Å². The van der Waals surface area contributed by atoms with Crippen LogP contribution < -0.4 is 10.6 Å². The lowest BCUT2D eigenvalue weighted by Crippen LogP contribution is -2.27. The summed E-state index contributed by atoms with van der Waals surface area (Å²) in [6, 6.07) is 7.46. The molecule has 0 aromatic heterocycles. The van der Waals surface area contributed by atoms with Crippen LogP contribution in [-0.4, -0.2) is 31.7 Å². The van der Waals surface area contributed by atoms with Crippen LogP contribution >= 0.6 is 0 Å². The molecule has 0 aliphatic heterocycles. The minimum Gasteiger partial charge on any atom is -0.383 e. The van der Waals surface area contributed by atoms with Gasteiger partial charge in [-0.2, -0.15) is 0 Å². The van der Waals surface area contributed by atoms with Gasteiger partial charge in [0.2, 0.25) is 0 Å². The first-order valence-corrected chi connectivity index (χ1v) is 6.08. The van der Waals surface area contributed by atoms with Crippen molar-refractivity contribution in [1.29, 1.82) is 0 Å². The number of carbonyl (C=O) groups excluding carboxylic acids is 1. The van der Waals surface area contributed by atoms with Crippen LogP contribution in [0.1, 0.15) is 31.1 Å². The summed E-state index contributed by atoms with van der Waals surface area (Å²) in [5, 5.41) is 6.13. The Bertz CT molecular complexity index is 380. The van der Waals surface area contributed by atoms with E-state index >= 15 is 0 Å². The van der Waals surface area contributed by atoms with Crippen molar-refractivity contribution in [1.82, 2.24) is 5.32 Å². The smallest absolute Gasteiger partial charge is 0.251 e. The highest BCUT2D eigenvalue weighted by Gasteiger charge is 2.10. The highest BCUT2D eigenvalue weighted by molar-refractivity contribution is 5.94. The van der Waals surface area contributed by atoms with E-state index < -0.39 is 0 Å². The molecule has 0 atom stereocenters. The maximum atomic E-state index is 11.7. The molecule has 100 valence electrons. The Morgan fingerprint density at radius 1 is 1.22 bits per heavy atom. The van der Waals surface area contributed by atoms with Gasteiger partial charge in [-0.15, -0.1) is 0 Å². The Hall–Kier alpha value is -1.55. The van der Waals surface area contributed by atoms with Crippen molar-refractivity contribution in [2.75, 3.05) is 25.6 Å². The lowest BCUT2D eigenvalue weighted by Gasteiger charge is -2.22. The lowest BCUT2D eigenvalue weighted by atomic mass is 10.1. The predicted molar refractivity (Wildman–Crippen MR) is 74.0 cm³/mol. The topological polar surface area (TPSA) is 50.4 Å². The van der Waals surface area contributed by atoms with E-state index in [-0.39, 0.29) is 11.4 Å². The molecule has 1 aromatic rings. The van der Waals surface area contributed by atoms with Gasteiger partial charge in [-0.1, -0.05) is 0 Å². The molecule has 0 saturated carbocycles. The van der Waals surface area contributed by atoms with Crippen LogP contribution in [0.2, 0.25) is 0 Å². The van der Waals surface area contributed by atoms with E-state index in [4.69, 9.17) is 4.74 Å². The summed E-state index contributed by atoms with van der Waals surface area (Å²) in [4.78, 5) is 11.7. The zero-order valence-electron chi connectivity index (χ0n) is 11.5. The predicted octanol–water partition coefficient (Wildman–Crippen LogP) is 2.27. The molecule has 0 heterocycles. The fraction of sp³-hybridized carbons (Fsp3) is 0.500. The zero-order valence-corrected chi connectivity index (χ0v) is 11.5. The molecular formula is C14H22N2O2. The fourth-order valence-electron chi connectivity index (χ4n) is 1.51. The van der Waals surface area contributed by atoms with Gasteiger partial charge in [0.1, 0.15) is 0 Å². The highest BCUT2D eigenvalue weighted by Crippen LogP contribution is 2.15. The molecule has 1 aromatic carbocycles. The number of anilines is 1. The molecule has 4 nitrogen and oxygen atoms in total. The molecule has 1 rings (SSSR count). The molecule has 0 unspecified atom stereocenters. The van der Waals surface area contributed by atoms with Gasteiger partial charge in [-0.05, 0) is 45.0 Å². The van der Waals surface area contributed by atoms with E-state index in [1.807, 2.05) is 24.3 Å². The monoisotopic (exact) mass is 250 g/mol. The summed E-state index contributed by atoms with van der Waals surface area (Å²) in [5.74, 6) is -0.0747. The summed E-state index contributed by atoms with van der Waals surface area (Å²) in [5.41, 5.74) is 1.68. The number of hydrogen-bond donors (Lipinski definition) is 2. The number of amides is 1. The maximum Gasteiger partial charge on any atom is 0.251 e. The first-order chi connectivity index (χ1) is 8.42. The Labute approximate surface area is 109 Å². The van der Waals surface area contributed by atoms with E-state index in [9.17, 15) is 4.79 Å². The maximum absolute atomic E-state index is 11.7. The van der Waals surface area contributed by atoms with E-state index in [1.54, 1.807) is 7.11 Å². The summed E-state index contributed by atoms with van der Waals surface area (Å²) in [7, 11) is 1.61. The van der Waals surface area contributed by atoms with Crippen molar-refractivity contribution in [3.05, 3.63) is 29.8 Å². The van der Waals surface area contributed by atoms with Crippen molar-refractivity contribution in [3.63, 3.8) is 0 Å². The van der Waals surface area contributed by atoms with Gasteiger partial charge in [-0.3, -0.25) is 4.79 Å².